The fourth-order valence-corrected chi connectivity index (χ4v) is 11.5. The number of H-pyrrole nitrogens is 7. The zero-order valence-electron chi connectivity index (χ0n) is 68.1. The molecule has 0 unspecified atom stereocenters. The van der Waals surface area contributed by atoms with E-state index >= 15 is 0 Å². The molecular weight excluding hydrogens is 1660 g/mol. The van der Waals surface area contributed by atoms with E-state index < -0.39 is 91.6 Å². The summed E-state index contributed by atoms with van der Waals surface area (Å²) in [5.74, 6) is -6.16. The number of carboxylic acids is 1. The van der Waals surface area contributed by atoms with Gasteiger partial charge in [-0.05, 0) is 84.3 Å². The summed E-state index contributed by atoms with van der Waals surface area (Å²) < 4.78 is 65.5. The minimum Gasteiger partial charge on any atom is -0.870 e. The van der Waals surface area contributed by atoms with E-state index in [-0.39, 0.29) is 140 Å². The predicted octanol–water partition coefficient (Wildman–Crippen LogP) is -0.558. The van der Waals surface area contributed by atoms with Crippen LogP contribution in [-0.4, -0.2) is 215 Å². The van der Waals surface area contributed by atoms with Crippen LogP contribution in [0.1, 0.15) is 102 Å². The maximum atomic E-state index is 13.5. The van der Waals surface area contributed by atoms with E-state index in [1.165, 1.54) is 26.8 Å². The van der Waals surface area contributed by atoms with Gasteiger partial charge >= 0.3 is 81.6 Å². The van der Waals surface area contributed by atoms with Crippen molar-refractivity contribution >= 4 is 23.8 Å². The minimum atomic E-state index is -1.12. The number of hydrogen-bond donors (Lipinski definition) is 14. The topological polar surface area (TPSA) is 592 Å². The number of aliphatic carboxylic acids is 1. The first-order valence-corrected chi connectivity index (χ1v) is 37.2. The molecule has 46 heteroatoms. The molecule has 0 spiro atoms. The van der Waals surface area contributed by atoms with Gasteiger partial charge in [-0.3, -0.25) is 77.0 Å². The number of carbonyl (C=O) groups is 4. The molecule has 2 aliphatic heterocycles. The number of aliphatic hydroxyl groups is 1. The van der Waals surface area contributed by atoms with Crippen LogP contribution < -0.4 is 91.2 Å². The third-order valence-corrected chi connectivity index (χ3v) is 17.6. The third-order valence-electron chi connectivity index (χ3n) is 17.6. The molecule has 0 bridgehead atoms. The second-order valence-electron chi connectivity index (χ2n) is 26.7. The molecule has 4 aromatic carbocycles. The van der Waals surface area contributed by atoms with Crippen molar-refractivity contribution < 1.29 is 112 Å². The van der Waals surface area contributed by atoms with Gasteiger partial charge in [-0.2, -0.15) is 27.8 Å². The van der Waals surface area contributed by atoms with Gasteiger partial charge in [0.2, 0.25) is 29.2 Å². The van der Waals surface area contributed by atoms with Gasteiger partial charge in [0, 0.05) is 123 Å². The van der Waals surface area contributed by atoms with Crippen LogP contribution in [0, 0.1) is 23.3 Å². The second-order valence-corrected chi connectivity index (χ2v) is 26.7. The Morgan fingerprint density at radius 3 is 1.25 bits per heavy atom. The Balaban J connectivity index is 0.000000424. The zero-order chi connectivity index (χ0) is 89.5. The SMILES string of the molecule is C.C=CC(=O)OCC.CC(C)c1cc(-c2n[nH]c(=O)n2-c2ccc(CN3CCN(C(=O)CCn4cc(F)c(=O)[nH]c4=O)CC3)cc2)c(O)cc1O.CC(C)c1cc(-c2n[nH]c(=O)n2-c2ccc(CN3CCNCC3)cc2)c(O)cc1O.CCOC(=O)CCn1cc(F)c(=O)[nH]c1=O.CO.O=C(O)CCn1cc(F)c(=O)[nH]c1=O.O=c1[nH]cc(F)c(=O)[nH]1.[Na+].[OH-]. The summed E-state index contributed by atoms with van der Waals surface area (Å²) in [7, 11) is 1.00. The van der Waals surface area contributed by atoms with Crippen LogP contribution in [0.4, 0.5) is 17.6 Å². The van der Waals surface area contributed by atoms with E-state index in [0.29, 0.717) is 91.2 Å². The van der Waals surface area contributed by atoms with Crippen LogP contribution in [0.15, 0.2) is 158 Å². The van der Waals surface area contributed by atoms with Gasteiger partial charge in [-0.15, -0.1) is 0 Å². The van der Waals surface area contributed by atoms with Crippen LogP contribution >= 0.6 is 0 Å². The molecule has 0 radical (unpaired) electrons. The summed E-state index contributed by atoms with van der Waals surface area (Å²) in [4.78, 5) is 171. The quantitative estimate of drug-likeness (QED) is 0.0175. The molecule has 124 heavy (non-hydrogen) atoms. The number of aryl methyl sites for hydroxylation is 3. The molecule has 666 valence electrons. The Kier molecular flexibility index (Phi) is 43.1. The number of rotatable bonds is 22. The average Bonchev–Trinajstić information content (AvgIpc) is 1.54. The Morgan fingerprint density at radius 2 is 0.895 bits per heavy atom. The molecule has 41 nitrogen and oxygen atoms in total. The van der Waals surface area contributed by atoms with Crippen molar-refractivity contribution in [2.24, 2.45) is 0 Å². The molecule has 8 heterocycles. The van der Waals surface area contributed by atoms with E-state index in [0.717, 1.165) is 77.6 Å². The summed E-state index contributed by atoms with van der Waals surface area (Å²) in [6.07, 6.45) is 3.74. The number of carboxylic acid groups (broad SMARTS) is 1. The van der Waals surface area contributed by atoms with Crippen molar-refractivity contribution in [3.05, 3.63) is 260 Å². The summed E-state index contributed by atoms with van der Waals surface area (Å²) in [5, 5.41) is 73.1. The van der Waals surface area contributed by atoms with Gasteiger partial charge in [-0.25, -0.2) is 52.9 Å². The Labute approximate surface area is 722 Å². The number of aliphatic hydroxyl groups excluding tert-OH is 1. The number of phenolic OH excluding ortho intramolecular Hbond substituents is 4. The predicted molar refractivity (Wildman–Crippen MR) is 437 cm³/mol. The van der Waals surface area contributed by atoms with Crippen LogP contribution in [0.25, 0.3) is 34.2 Å². The van der Waals surface area contributed by atoms with Crippen molar-refractivity contribution in [2.75, 3.05) is 72.7 Å². The molecule has 2 saturated heterocycles. The van der Waals surface area contributed by atoms with Crippen LogP contribution in [0.2, 0.25) is 0 Å². The number of aromatic amines is 7. The van der Waals surface area contributed by atoms with Gasteiger partial charge in [0.1, 0.15) is 23.0 Å². The monoisotopic (exact) mass is 1750 g/mol. The molecule has 15 N–H and O–H groups in total. The normalized spacial score (nSPS) is 12.1. The van der Waals surface area contributed by atoms with E-state index in [1.807, 2.05) is 74.1 Å². The summed E-state index contributed by atoms with van der Waals surface area (Å²) >= 11 is 0. The van der Waals surface area contributed by atoms with Crippen molar-refractivity contribution in [1.29, 1.82) is 0 Å². The van der Waals surface area contributed by atoms with Gasteiger partial charge in [0.05, 0.1) is 67.1 Å². The van der Waals surface area contributed by atoms with E-state index in [2.05, 4.69) is 51.6 Å². The number of piperazine rings is 2. The third kappa shape index (κ3) is 30.8. The zero-order valence-corrected chi connectivity index (χ0v) is 70.1. The standard InChI is InChI=1S/C29H32FN7O6.C22H27N5O3.C9H11FN2O4.C7H7FN2O4.C5H8O2.C4H3FN2O2.CH4O.CH4.Na.H2O/c1-17(2)20-13-21(24(39)14-23(20)38)26-32-33-29(43)37(26)19-5-3-18(4-6-19)15-34-9-11-35(12-10-34)25(40)7-8-36-16-22(30)27(41)31-28(36)42;1-14(2)17-11-18(20(29)12-19(17)28)21-24-25-22(30)27(21)16-5-3-15(4-6-16)13-26-9-7-23-8-10-26;1-2-16-7(13)3-4-12-5-6(10)8(14)11-9(12)15;8-4-3-10(2-1-5(11)12)7(14)9-6(4)13;1-3-5(6)7-4-2;5-2-1-6-4(9)7-3(2)8;1-2;;;/h3-6,13-14,16-17,38-39H,7-12,15H2,1-2H3,(H,33,43)(H,31,41,42);3-6,11-12,14,23,28-29H,7-10,13H2,1-2H3,(H,25,30);5H,2-4H2,1H3,(H,11,14,15);3H,1-2H2,(H,11,12)(H,9,13,14);3H,1,4H2,2H3;1H,(H2,6,7,8,9);2H,1H3;1H4;;1H2/q;;;;;;;;+1;/p-1. The van der Waals surface area contributed by atoms with E-state index in [9.17, 15) is 105 Å². The van der Waals surface area contributed by atoms with Gasteiger partial charge < -0.3 is 60.8 Å². The second kappa shape index (κ2) is 50.9. The molecule has 2 fully saturated rings. The average molecular weight is 1750 g/mol. The van der Waals surface area contributed by atoms with Crippen LogP contribution in [0.3, 0.4) is 0 Å². The number of phenols is 4. The molecule has 0 atom stereocenters. The summed E-state index contributed by atoms with van der Waals surface area (Å²) in [6, 6.07) is 21.0. The summed E-state index contributed by atoms with van der Waals surface area (Å²) in [6.45, 7) is 22.5. The van der Waals surface area contributed by atoms with Crippen LogP contribution in [0.5, 0.6) is 23.0 Å². The molecule has 6 aromatic heterocycles. The number of ether oxygens (including phenoxy) is 2. The number of esters is 2. The van der Waals surface area contributed by atoms with Gasteiger partial charge in [0.25, 0.3) is 22.2 Å². The molecule has 12 rings (SSSR count). The van der Waals surface area contributed by atoms with Crippen molar-refractivity contribution in [3.63, 3.8) is 0 Å². The Bertz CT molecular complexity index is 5860. The number of hydrogen-bond acceptors (Lipinski definition) is 27. The van der Waals surface area contributed by atoms with Gasteiger partial charge in [0.15, 0.2) is 11.6 Å². The number of halogens is 4. The van der Waals surface area contributed by atoms with E-state index in [4.69, 9.17) is 10.2 Å². The first-order valence-electron chi connectivity index (χ1n) is 37.2. The first kappa shape index (κ1) is 105. The number of benzene rings is 4. The van der Waals surface area contributed by atoms with Crippen molar-refractivity contribution in [3.8, 4) is 57.1 Å². The molecular formula is C78H97F4N18NaO23. The molecule has 2 aliphatic rings. The first-order chi connectivity index (χ1) is 57.5. The molecule has 1 amide bonds. The largest absolute Gasteiger partial charge is 1.00 e. The maximum absolute atomic E-state index is 13.5. The maximum Gasteiger partial charge on any atom is 1.00 e. The van der Waals surface area contributed by atoms with Crippen molar-refractivity contribution in [1.82, 2.24) is 88.2 Å². The Morgan fingerprint density at radius 1 is 0.516 bits per heavy atom. The number of nitrogens with one attached hydrogen (secondary N) is 8. The van der Waals surface area contributed by atoms with Gasteiger partial charge in [-0.1, -0.05) is 66.0 Å². The number of aromatic hydroxyl groups is 4. The molecule has 10 aromatic rings. The molecule has 0 aliphatic carbocycles. The fraction of sp³-hybridized carbons (Fsp3) is 0.359. The van der Waals surface area contributed by atoms with Crippen LogP contribution in [-0.2, 0) is 61.4 Å². The minimum absolute atomic E-state index is 0. The number of aromatic nitrogens is 14. The smallest absolute Gasteiger partial charge is 0.870 e. The number of amides is 1. The summed E-state index contributed by atoms with van der Waals surface area (Å²) in [5.41, 5.74) is -2.81. The number of carbonyl (C=O) groups excluding carboxylic acids is 3. The number of nitrogens with zero attached hydrogens (tertiary/aromatic N) is 10. The Hall–Kier alpha value is -13.2. The fourth-order valence-electron chi connectivity index (χ4n) is 11.5. The molecule has 0 saturated carbocycles. The van der Waals surface area contributed by atoms with E-state index in [1.54, 1.807) is 58.0 Å². The van der Waals surface area contributed by atoms with Crippen molar-refractivity contribution in [2.45, 2.75) is 113 Å².